The quantitative estimate of drug-likeness (QED) is 0.446. The van der Waals surface area contributed by atoms with Gasteiger partial charge in [-0.1, -0.05) is 35.3 Å². The molecule has 0 aromatic heterocycles. The van der Waals surface area contributed by atoms with Crippen LogP contribution in [0.4, 0.5) is 0 Å². The van der Waals surface area contributed by atoms with Crippen LogP contribution in [-0.4, -0.2) is 35.7 Å². The highest BCUT2D eigenvalue weighted by molar-refractivity contribution is 6.35. The highest BCUT2D eigenvalue weighted by atomic mass is 35.5. The molecule has 8 heteroatoms. The Kier molecular flexibility index (Phi) is 7.02. The van der Waals surface area contributed by atoms with Crippen molar-refractivity contribution in [1.29, 1.82) is 0 Å². The number of hydrogen-bond donors (Lipinski definition) is 2. The smallest absolute Gasteiger partial charge is 0.250 e. The van der Waals surface area contributed by atoms with E-state index in [0.717, 1.165) is 0 Å². The van der Waals surface area contributed by atoms with E-state index in [1.165, 1.54) is 0 Å². The van der Waals surface area contributed by atoms with Crippen LogP contribution in [0.2, 0.25) is 10.0 Å². The van der Waals surface area contributed by atoms with Gasteiger partial charge >= 0.3 is 0 Å². The third-order valence-corrected chi connectivity index (χ3v) is 5.33. The molecule has 1 heterocycles. The van der Waals surface area contributed by atoms with Crippen LogP contribution in [0.15, 0.2) is 60.1 Å². The van der Waals surface area contributed by atoms with Gasteiger partial charge in [0.2, 0.25) is 11.8 Å². The fourth-order valence-corrected chi connectivity index (χ4v) is 3.76. The van der Waals surface area contributed by atoms with Gasteiger partial charge in [-0.2, -0.15) is 0 Å². The van der Waals surface area contributed by atoms with E-state index >= 15 is 0 Å². The number of rotatable bonds is 9. The fraction of sp³-hybridized carbons (Fsp3) is 0.273. The maximum atomic E-state index is 12.5. The molecule has 6 nitrogen and oxygen atoms in total. The van der Waals surface area contributed by atoms with Crippen LogP contribution < -0.4 is 10.5 Å². The first-order valence-electron chi connectivity index (χ1n) is 9.37. The number of carbonyl (C=O) groups excluding carboxylic acids is 1. The number of aliphatic hydroxyl groups excluding tert-OH is 1. The van der Waals surface area contributed by atoms with Crippen molar-refractivity contribution in [2.75, 3.05) is 13.2 Å². The van der Waals surface area contributed by atoms with Gasteiger partial charge in [-0.05, 0) is 36.4 Å². The summed E-state index contributed by atoms with van der Waals surface area (Å²) in [6, 6.07) is 12.0. The first-order valence-corrected chi connectivity index (χ1v) is 10.1. The second kappa shape index (κ2) is 9.51. The van der Waals surface area contributed by atoms with Gasteiger partial charge in [0, 0.05) is 40.6 Å². The monoisotopic (exact) mass is 448 g/mol. The van der Waals surface area contributed by atoms with Crippen LogP contribution in [0.25, 0.3) is 0 Å². The van der Waals surface area contributed by atoms with Crippen LogP contribution >= 0.6 is 23.2 Å². The molecule has 0 radical (unpaired) electrons. The summed E-state index contributed by atoms with van der Waals surface area (Å²) in [6.45, 7) is 4.22. The summed E-state index contributed by atoms with van der Waals surface area (Å²) in [6.07, 6.45) is 1.48. The summed E-state index contributed by atoms with van der Waals surface area (Å²) in [7, 11) is 0. The van der Waals surface area contributed by atoms with E-state index in [1.54, 1.807) is 48.5 Å². The Bertz CT molecular complexity index is 962. The molecule has 0 spiro atoms. The lowest BCUT2D eigenvalue weighted by atomic mass is 9.85. The molecule has 0 saturated carbocycles. The minimum atomic E-state index is -1.38. The predicted molar refractivity (Wildman–Crippen MR) is 117 cm³/mol. The van der Waals surface area contributed by atoms with Crippen molar-refractivity contribution in [2.45, 2.75) is 24.5 Å². The minimum absolute atomic E-state index is 0.0654. The lowest BCUT2D eigenvalue weighted by Crippen LogP contribution is -2.45. The number of nitrogens with zero attached hydrogens (tertiary/aromatic N) is 1. The van der Waals surface area contributed by atoms with Crippen LogP contribution in [0.5, 0.6) is 5.75 Å². The van der Waals surface area contributed by atoms with Crippen LogP contribution in [0.3, 0.4) is 0 Å². The standard InChI is InChI=1S/C22H22Cl2N2O4/c1-2-10-22(21(25)28)19(17-9-6-15(23)13-18(17)24)30-20(26-22)14-4-7-16(8-5-14)29-12-3-11-27/h2,4-9,13,19,27H,1,3,10-12H2,(H2,25,28)/t19-,22-/m1/s1. The third kappa shape index (κ3) is 4.46. The van der Waals surface area contributed by atoms with E-state index < -0.39 is 17.6 Å². The molecule has 0 saturated heterocycles. The van der Waals surface area contributed by atoms with E-state index in [-0.39, 0.29) is 18.9 Å². The van der Waals surface area contributed by atoms with E-state index in [0.29, 0.717) is 39.9 Å². The third-order valence-electron chi connectivity index (χ3n) is 4.76. The molecule has 0 unspecified atom stereocenters. The van der Waals surface area contributed by atoms with Crippen molar-refractivity contribution in [3.8, 4) is 5.75 Å². The Morgan fingerprint density at radius 3 is 2.63 bits per heavy atom. The average molecular weight is 449 g/mol. The maximum absolute atomic E-state index is 12.5. The van der Waals surface area contributed by atoms with E-state index in [1.807, 2.05) is 0 Å². The molecule has 1 aliphatic heterocycles. The second-order valence-corrected chi connectivity index (χ2v) is 7.66. The van der Waals surface area contributed by atoms with Crippen LogP contribution in [-0.2, 0) is 9.53 Å². The number of amides is 1. The van der Waals surface area contributed by atoms with Gasteiger partial charge in [-0.15, -0.1) is 6.58 Å². The van der Waals surface area contributed by atoms with Crippen molar-refractivity contribution in [1.82, 2.24) is 0 Å². The van der Waals surface area contributed by atoms with Gasteiger partial charge in [-0.25, -0.2) is 4.99 Å². The van der Waals surface area contributed by atoms with Crippen molar-refractivity contribution in [3.05, 3.63) is 76.3 Å². The van der Waals surface area contributed by atoms with Crippen molar-refractivity contribution in [2.24, 2.45) is 10.7 Å². The highest BCUT2D eigenvalue weighted by Gasteiger charge is 2.52. The van der Waals surface area contributed by atoms with Crippen molar-refractivity contribution >= 4 is 35.0 Å². The zero-order chi connectivity index (χ0) is 21.7. The normalized spacial score (nSPS) is 20.4. The number of aliphatic imine (C=N–C) groups is 1. The van der Waals surface area contributed by atoms with E-state index in [9.17, 15) is 4.79 Å². The molecule has 1 amide bonds. The molecule has 1 aliphatic rings. The highest BCUT2D eigenvalue weighted by Crippen LogP contribution is 2.44. The van der Waals surface area contributed by atoms with Crippen LogP contribution in [0, 0.1) is 0 Å². The molecular weight excluding hydrogens is 427 g/mol. The Hall–Kier alpha value is -2.54. The SMILES string of the molecule is C=CC[C@@]1(C(N)=O)N=C(c2ccc(OCCCO)cc2)O[C@@H]1c1ccc(Cl)cc1Cl. The Morgan fingerprint density at radius 1 is 1.30 bits per heavy atom. The summed E-state index contributed by atoms with van der Waals surface area (Å²) in [5.41, 5.74) is 5.61. The predicted octanol–water partition coefficient (Wildman–Crippen LogP) is 4.07. The number of benzene rings is 2. The van der Waals surface area contributed by atoms with E-state index in [4.69, 9.17) is 43.5 Å². The molecule has 0 bridgehead atoms. The summed E-state index contributed by atoms with van der Waals surface area (Å²) < 4.78 is 11.7. The average Bonchev–Trinajstić information content (AvgIpc) is 3.10. The first kappa shape index (κ1) is 22.2. The molecular formula is C22H22Cl2N2O4. The summed E-state index contributed by atoms with van der Waals surface area (Å²) in [4.78, 5) is 17.1. The zero-order valence-corrected chi connectivity index (χ0v) is 17.7. The van der Waals surface area contributed by atoms with E-state index in [2.05, 4.69) is 11.6 Å². The molecule has 2 aromatic rings. The fourth-order valence-electron chi connectivity index (χ4n) is 3.25. The van der Waals surface area contributed by atoms with Gasteiger partial charge in [-0.3, -0.25) is 4.79 Å². The minimum Gasteiger partial charge on any atom is -0.494 e. The Labute approximate surface area is 184 Å². The van der Waals surface area contributed by atoms with Gasteiger partial charge in [0.25, 0.3) is 0 Å². The lowest BCUT2D eigenvalue weighted by molar-refractivity contribution is -0.125. The molecule has 0 aliphatic carbocycles. The largest absolute Gasteiger partial charge is 0.494 e. The first-order chi connectivity index (χ1) is 14.4. The summed E-state index contributed by atoms with van der Waals surface area (Å²) in [5, 5.41) is 9.67. The number of nitrogens with two attached hydrogens (primary N) is 1. The number of halogens is 2. The Morgan fingerprint density at radius 2 is 2.03 bits per heavy atom. The molecule has 3 rings (SSSR count). The summed E-state index contributed by atoms with van der Waals surface area (Å²) in [5.74, 6) is 0.279. The number of carbonyl (C=O) groups is 1. The number of aliphatic hydroxyl groups is 1. The number of hydrogen-bond acceptors (Lipinski definition) is 5. The van der Waals surface area contributed by atoms with Gasteiger partial charge in [0.1, 0.15) is 5.75 Å². The Balaban J connectivity index is 1.96. The van der Waals surface area contributed by atoms with Gasteiger partial charge in [0.05, 0.1) is 6.61 Å². The molecule has 2 atom stereocenters. The molecule has 0 fully saturated rings. The van der Waals surface area contributed by atoms with Gasteiger partial charge in [0.15, 0.2) is 11.6 Å². The molecule has 158 valence electrons. The van der Waals surface area contributed by atoms with Gasteiger partial charge < -0.3 is 20.3 Å². The molecule has 2 aromatic carbocycles. The number of primary amides is 1. The van der Waals surface area contributed by atoms with Crippen molar-refractivity contribution < 1.29 is 19.4 Å². The maximum Gasteiger partial charge on any atom is 0.250 e. The van der Waals surface area contributed by atoms with Crippen molar-refractivity contribution in [3.63, 3.8) is 0 Å². The lowest BCUT2D eigenvalue weighted by Gasteiger charge is -2.28. The molecule has 3 N–H and O–H groups in total. The molecule has 30 heavy (non-hydrogen) atoms. The summed E-state index contributed by atoms with van der Waals surface area (Å²) >= 11 is 12.4. The zero-order valence-electron chi connectivity index (χ0n) is 16.2. The number of ether oxygens (including phenoxy) is 2. The topological polar surface area (TPSA) is 94.1 Å². The van der Waals surface area contributed by atoms with Crippen LogP contribution in [0.1, 0.15) is 30.1 Å². The second-order valence-electron chi connectivity index (χ2n) is 6.81.